The molecule has 2 bridgehead atoms. The Bertz CT molecular complexity index is 290. The van der Waals surface area contributed by atoms with Gasteiger partial charge in [-0.25, -0.2) is 0 Å². The van der Waals surface area contributed by atoms with Crippen LogP contribution in [0.2, 0.25) is 0 Å². The second-order valence-electron chi connectivity index (χ2n) is 5.61. The van der Waals surface area contributed by atoms with Crippen molar-refractivity contribution in [3.8, 4) is 0 Å². The molecular formula is C13H24N2O3. The van der Waals surface area contributed by atoms with E-state index in [0.717, 1.165) is 12.8 Å². The predicted octanol–water partition coefficient (Wildman–Crippen LogP) is -0.127. The zero-order chi connectivity index (χ0) is 13.1. The number of methoxy groups -OCH3 is 1. The average molecular weight is 256 g/mol. The third kappa shape index (κ3) is 2.68. The van der Waals surface area contributed by atoms with E-state index >= 15 is 0 Å². The Kier molecular flexibility index (Phi) is 4.59. The van der Waals surface area contributed by atoms with Gasteiger partial charge in [0.05, 0.1) is 18.6 Å². The van der Waals surface area contributed by atoms with E-state index in [4.69, 9.17) is 15.6 Å². The molecule has 0 spiro atoms. The molecule has 5 atom stereocenters. The highest BCUT2D eigenvalue weighted by Crippen LogP contribution is 2.47. The number of nitrogens with one attached hydrogen (secondary N) is 1. The molecule has 0 aromatic rings. The van der Waals surface area contributed by atoms with Gasteiger partial charge in [0.25, 0.3) is 0 Å². The molecule has 5 heteroatoms. The van der Waals surface area contributed by atoms with Crippen LogP contribution >= 0.6 is 0 Å². The van der Waals surface area contributed by atoms with Gasteiger partial charge >= 0.3 is 0 Å². The molecular weight excluding hydrogens is 232 g/mol. The van der Waals surface area contributed by atoms with Gasteiger partial charge in [-0.1, -0.05) is 0 Å². The Morgan fingerprint density at radius 2 is 2.22 bits per heavy atom. The number of nitrogens with two attached hydrogens (primary N) is 1. The first kappa shape index (κ1) is 13.8. The average Bonchev–Trinajstić information content (AvgIpc) is 2.89. The highest BCUT2D eigenvalue weighted by molar-refractivity contribution is 5.80. The van der Waals surface area contributed by atoms with Crippen LogP contribution in [0.5, 0.6) is 0 Å². The molecule has 0 aliphatic heterocycles. The fraction of sp³-hybridized carbons (Fsp3) is 0.923. The van der Waals surface area contributed by atoms with Gasteiger partial charge in [0, 0.05) is 19.8 Å². The van der Waals surface area contributed by atoms with Crippen LogP contribution in [-0.2, 0) is 9.53 Å². The largest absolute Gasteiger partial charge is 0.396 e. The minimum Gasteiger partial charge on any atom is -0.396 e. The van der Waals surface area contributed by atoms with Gasteiger partial charge in [0.15, 0.2) is 0 Å². The SMILES string of the molecule is COCC(CCO)NC(=O)C1C2CCC(C2)C1N. The molecule has 5 unspecified atom stereocenters. The van der Waals surface area contributed by atoms with Gasteiger partial charge < -0.3 is 20.9 Å². The van der Waals surface area contributed by atoms with E-state index in [1.807, 2.05) is 0 Å². The van der Waals surface area contributed by atoms with Crippen molar-refractivity contribution < 1.29 is 14.6 Å². The second-order valence-corrected chi connectivity index (χ2v) is 5.61. The van der Waals surface area contributed by atoms with Gasteiger partial charge in [0.1, 0.15) is 0 Å². The topological polar surface area (TPSA) is 84.6 Å². The summed E-state index contributed by atoms with van der Waals surface area (Å²) >= 11 is 0. The summed E-state index contributed by atoms with van der Waals surface area (Å²) in [7, 11) is 1.60. The van der Waals surface area contributed by atoms with Crippen LogP contribution in [0.1, 0.15) is 25.7 Å². The summed E-state index contributed by atoms with van der Waals surface area (Å²) in [5.74, 6) is 0.999. The summed E-state index contributed by atoms with van der Waals surface area (Å²) < 4.78 is 5.05. The Labute approximate surface area is 108 Å². The second kappa shape index (κ2) is 5.99. The minimum atomic E-state index is -0.112. The number of ether oxygens (including phenoxy) is 1. The van der Waals surface area contributed by atoms with E-state index in [9.17, 15) is 4.79 Å². The predicted molar refractivity (Wildman–Crippen MR) is 67.8 cm³/mol. The zero-order valence-corrected chi connectivity index (χ0v) is 11.0. The van der Waals surface area contributed by atoms with Gasteiger partial charge in [-0.3, -0.25) is 4.79 Å². The van der Waals surface area contributed by atoms with Crippen molar-refractivity contribution in [1.82, 2.24) is 5.32 Å². The van der Waals surface area contributed by atoms with Crippen LogP contribution in [0.4, 0.5) is 0 Å². The number of amides is 1. The van der Waals surface area contributed by atoms with Crippen molar-refractivity contribution in [2.24, 2.45) is 23.5 Å². The third-order valence-electron chi connectivity index (χ3n) is 4.48. The van der Waals surface area contributed by atoms with E-state index < -0.39 is 0 Å². The van der Waals surface area contributed by atoms with Crippen molar-refractivity contribution in [2.75, 3.05) is 20.3 Å². The van der Waals surface area contributed by atoms with E-state index in [-0.39, 0.29) is 30.5 Å². The summed E-state index contributed by atoms with van der Waals surface area (Å²) in [5, 5.41) is 11.9. The summed E-state index contributed by atoms with van der Waals surface area (Å²) in [6.45, 7) is 0.486. The minimum absolute atomic E-state index is 0.0149. The summed E-state index contributed by atoms with van der Waals surface area (Å²) in [4.78, 5) is 12.3. The fourth-order valence-corrected chi connectivity index (χ4v) is 3.58. The van der Waals surface area contributed by atoms with Crippen LogP contribution in [0.15, 0.2) is 0 Å². The molecule has 0 aromatic carbocycles. The molecule has 2 rings (SSSR count). The van der Waals surface area contributed by atoms with Crippen LogP contribution in [0, 0.1) is 17.8 Å². The normalized spacial score (nSPS) is 35.7. The molecule has 2 aliphatic carbocycles. The lowest BCUT2D eigenvalue weighted by atomic mass is 9.84. The summed E-state index contributed by atoms with van der Waals surface area (Å²) in [6.07, 6.45) is 3.93. The molecule has 0 radical (unpaired) electrons. The number of fused-ring (bicyclic) bond motifs is 2. The lowest BCUT2D eigenvalue weighted by Crippen LogP contribution is -2.49. The van der Waals surface area contributed by atoms with Gasteiger partial charge in [-0.15, -0.1) is 0 Å². The number of aliphatic hydroxyl groups is 1. The van der Waals surface area contributed by atoms with Crippen molar-refractivity contribution in [3.05, 3.63) is 0 Å². The Hall–Kier alpha value is -0.650. The summed E-state index contributed by atoms with van der Waals surface area (Å²) in [5.41, 5.74) is 6.15. The first-order valence-corrected chi connectivity index (χ1v) is 6.83. The molecule has 0 heterocycles. The quantitative estimate of drug-likeness (QED) is 0.618. The monoisotopic (exact) mass is 256 g/mol. The summed E-state index contributed by atoms with van der Waals surface area (Å²) in [6, 6.07) is -0.0973. The molecule has 2 aliphatic rings. The molecule has 18 heavy (non-hydrogen) atoms. The van der Waals surface area contributed by atoms with Gasteiger partial charge in [-0.05, 0) is 37.5 Å². The van der Waals surface area contributed by atoms with Crippen LogP contribution < -0.4 is 11.1 Å². The molecule has 0 saturated heterocycles. The first-order valence-electron chi connectivity index (χ1n) is 6.83. The molecule has 5 nitrogen and oxygen atoms in total. The van der Waals surface area contributed by atoms with Crippen LogP contribution in [0.3, 0.4) is 0 Å². The van der Waals surface area contributed by atoms with E-state index in [2.05, 4.69) is 5.32 Å². The van der Waals surface area contributed by atoms with Crippen molar-refractivity contribution in [2.45, 2.75) is 37.8 Å². The van der Waals surface area contributed by atoms with E-state index in [1.54, 1.807) is 7.11 Å². The van der Waals surface area contributed by atoms with E-state index in [0.29, 0.717) is 24.9 Å². The maximum Gasteiger partial charge on any atom is 0.225 e. The molecule has 0 aromatic heterocycles. The Morgan fingerprint density at radius 3 is 2.78 bits per heavy atom. The molecule has 2 fully saturated rings. The maximum absolute atomic E-state index is 12.3. The van der Waals surface area contributed by atoms with Crippen LogP contribution in [0.25, 0.3) is 0 Å². The van der Waals surface area contributed by atoms with Crippen molar-refractivity contribution >= 4 is 5.91 Å². The number of rotatable bonds is 6. The number of aliphatic hydroxyl groups excluding tert-OH is 1. The number of hydrogen-bond donors (Lipinski definition) is 3. The maximum atomic E-state index is 12.3. The zero-order valence-electron chi connectivity index (χ0n) is 11.0. The molecule has 2 saturated carbocycles. The smallest absolute Gasteiger partial charge is 0.225 e. The van der Waals surface area contributed by atoms with Crippen molar-refractivity contribution in [3.63, 3.8) is 0 Å². The number of hydrogen-bond acceptors (Lipinski definition) is 4. The number of carbonyl (C=O) groups is 1. The van der Waals surface area contributed by atoms with Gasteiger partial charge in [-0.2, -0.15) is 0 Å². The highest BCUT2D eigenvalue weighted by atomic mass is 16.5. The molecule has 4 N–H and O–H groups in total. The lowest BCUT2D eigenvalue weighted by molar-refractivity contribution is -0.128. The lowest BCUT2D eigenvalue weighted by Gasteiger charge is -2.29. The number of carbonyl (C=O) groups excluding carboxylic acids is 1. The fourth-order valence-electron chi connectivity index (χ4n) is 3.58. The Balaban J connectivity index is 1.90. The van der Waals surface area contributed by atoms with Crippen molar-refractivity contribution in [1.29, 1.82) is 0 Å². The first-order chi connectivity index (χ1) is 8.67. The van der Waals surface area contributed by atoms with Crippen LogP contribution in [-0.4, -0.2) is 43.4 Å². The molecule has 1 amide bonds. The third-order valence-corrected chi connectivity index (χ3v) is 4.48. The standard InChI is InChI=1S/C13H24N2O3/c1-18-7-10(4-5-16)15-13(17)11-8-2-3-9(6-8)12(11)14/h8-12,16H,2-7,14H2,1H3,(H,15,17). The van der Waals surface area contributed by atoms with Gasteiger partial charge in [0.2, 0.25) is 5.91 Å². The highest BCUT2D eigenvalue weighted by Gasteiger charge is 2.49. The Morgan fingerprint density at radius 1 is 1.50 bits per heavy atom. The van der Waals surface area contributed by atoms with E-state index in [1.165, 1.54) is 6.42 Å². The molecule has 104 valence electrons.